The van der Waals surface area contributed by atoms with Crippen LogP contribution in [-0.4, -0.2) is 25.2 Å². The molecule has 4 nitrogen and oxygen atoms in total. The molecule has 0 heterocycles. The van der Waals surface area contributed by atoms with Gasteiger partial charge in [0.25, 0.3) is 0 Å². The Balaban J connectivity index is 1.64. The largest absolute Gasteiger partial charge is 0.490 e. The van der Waals surface area contributed by atoms with Crippen LogP contribution in [0.5, 0.6) is 5.75 Å². The standard InChI is InChI=1S/C16H23NO3/c17-15(13-7-3-1-4-8-13)16(18)20-12-11-19-14-9-5-2-6-10-14/h2,5-6,9-10,13,15H,1,3-4,7-8,11-12,17H2. The van der Waals surface area contributed by atoms with Gasteiger partial charge in [-0.05, 0) is 30.9 Å². The molecule has 2 N–H and O–H groups in total. The van der Waals surface area contributed by atoms with Gasteiger partial charge >= 0.3 is 5.97 Å². The summed E-state index contributed by atoms with van der Waals surface area (Å²) in [6, 6.07) is 8.99. The van der Waals surface area contributed by atoms with Crippen molar-refractivity contribution in [2.75, 3.05) is 13.2 Å². The number of benzene rings is 1. The van der Waals surface area contributed by atoms with Crippen molar-refractivity contribution in [3.8, 4) is 5.75 Å². The fraction of sp³-hybridized carbons (Fsp3) is 0.562. The smallest absolute Gasteiger partial charge is 0.323 e. The number of rotatable bonds is 6. The monoisotopic (exact) mass is 277 g/mol. The predicted octanol–water partition coefficient (Wildman–Crippen LogP) is 2.52. The molecule has 1 aliphatic carbocycles. The van der Waals surface area contributed by atoms with Crippen LogP contribution in [0, 0.1) is 5.92 Å². The van der Waals surface area contributed by atoms with Gasteiger partial charge in [-0.1, -0.05) is 37.5 Å². The second kappa shape index (κ2) is 7.90. The van der Waals surface area contributed by atoms with E-state index in [4.69, 9.17) is 15.2 Å². The van der Waals surface area contributed by atoms with Crippen molar-refractivity contribution in [1.82, 2.24) is 0 Å². The molecule has 0 aromatic heterocycles. The summed E-state index contributed by atoms with van der Waals surface area (Å²) in [4.78, 5) is 11.9. The minimum absolute atomic E-state index is 0.244. The minimum Gasteiger partial charge on any atom is -0.490 e. The van der Waals surface area contributed by atoms with E-state index in [0.29, 0.717) is 6.61 Å². The lowest BCUT2D eigenvalue weighted by molar-refractivity contribution is -0.147. The summed E-state index contributed by atoms with van der Waals surface area (Å²) in [7, 11) is 0. The molecular formula is C16H23NO3. The van der Waals surface area contributed by atoms with Crippen molar-refractivity contribution in [2.24, 2.45) is 11.7 Å². The average Bonchev–Trinajstić information content (AvgIpc) is 2.52. The van der Waals surface area contributed by atoms with E-state index in [9.17, 15) is 4.79 Å². The molecule has 1 unspecified atom stereocenters. The first-order valence-electron chi connectivity index (χ1n) is 7.37. The third-order valence-corrected chi connectivity index (χ3v) is 3.77. The second-order valence-corrected chi connectivity index (χ2v) is 5.25. The van der Waals surface area contributed by atoms with Gasteiger partial charge in [-0.25, -0.2) is 0 Å². The van der Waals surface area contributed by atoms with Crippen LogP contribution >= 0.6 is 0 Å². The maximum Gasteiger partial charge on any atom is 0.323 e. The fourth-order valence-electron chi connectivity index (χ4n) is 2.60. The Labute approximate surface area is 120 Å². The van der Waals surface area contributed by atoms with E-state index in [1.165, 1.54) is 19.3 Å². The number of carbonyl (C=O) groups is 1. The fourth-order valence-corrected chi connectivity index (χ4v) is 2.60. The Bertz CT molecular complexity index is 401. The van der Waals surface area contributed by atoms with Crippen molar-refractivity contribution in [3.05, 3.63) is 30.3 Å². The SMILES string of the molecule is NC(C(=O)OCCOc1ccccc1)C1CCCCC1. The molecule has 1 aromatic carbocycles. The molecule has 0 saturated heterocycles. The number of hydrogen-bond donors (Lipinski definition) is 1. The van der Waals surface area contributed by atoms with Crippen LogP contribution in [0.3, 0.4) is 0 Å². The summed E-state index contributed by atoms with van der Waals surface area (Å²) < 4.78 is 10.7. The number of hydrogen-bond acceptors (Lipinski definition) is 4. The molecule has 0 amide bonds. The summed E-state index contributed by atoms with van der Waals surface area (Å²) in [6.45, 7) is 0.598. The van der Waals surface area contributed by atoms with E-state index >= 15 is 0 Å². The van der Waals surface area contributed by atoms with Crippen LogP contribution in [0.15, 0.2) is 30.3 Å². The highest BCUT2D eigenvalue weighted by Gasteiger charge is 2.27. The number of ether oxygens (including phenoxy) is 2. The normalized spacial score (nSPS) is 17.4. The maximum atomic E-state index is 11.9. The van der Waals surface area contributed by atoms with Gasteiger partial charge in [0.05, 0.1) is 0 Å². The quantitative estimate of drug-likeness (QED) is 0.641. The highest BCUT2D eigenvalue weighted by Crippen LogP contribution is 2.26. The number of esters is 1. The number of carbonyl (C=O) groups excluding carboxylic acids is 1. The van der Waals surface area contributed by atoms with Crippen molar-refractivity contribution in [1.29, 1.82) is 0 Å². The minimum atomic E-state index is -0.480. The molecule has 0 aliphatic heterocycles. The van der Waals surface area contributed by atoms with Gasteiger partial charge in [-0.3, -0.25) is 4.79 Å². The van der Waals surface area contributed by atoms with E-state index < -0.39 is 6.04 Å². The van der Waals surface area contributed by atoms with E-state index in [1.54, 1.807) is 0 Å². The average molecular weight is 277 g/mol. The van der Waals surface area contributed by atoms with Crippen LogP contribution in [0.4, 0.5) is 0 Å². The van der Waals surface area contributed by atoms with E-state index in [1.807, 2.05) is 30.3 Å². The van der Waals surface area contributed by atoms with Crippen molar-refractivity contribution >= 4 is 5.97 Å². The lowest BCUT2D eigenvalue weighted by Gasteiger charge is -2.25. The Hall–Kier alpha value is -1.55. The summed E-state index contributed by atoms with van der Waals surface area (Å²) in [5, 5.41) is 0. The third-order valence-electron chi connectivity index (χ3n) is 3.77. The van der Waals surface area contributed by atoms with Gasteiger partial charge in [-0.15, -0.1) is 0 Å². The van der Waals surface area contributed by atoms with Gasteiger partial charge in [0.15, 0.2) is 0 Å². The Morgan fingerprint density at radius 2 is 1.85 bits per heavy atom. The van der Waals surface area contributed by atoms with Crippen molar-refractivity contribution in [3.63, 3.8) is 0 Å². The first-order chi connectivity index (χ1) is 9.77. The summed E-state index contributed by atoms with van der Waals surface area (Å²) in [5.74, 6) is 0.764. The first kappa shape index (κ1) is 14.9. The maximum absolute atomic E-state index is 11.9. The topological polar surface area (TPSA) is 61.6 Å². The van der Waals surface area contributed by atoms with Gasteiger partial charge in [-0.2, -0.15) is 0 Å². The molecule has 0 radical (unpaired) electrons. The summed E-state index contributed by atoms with van der Waals surface area (Å²) in [6.07, 6.45) is 5.67. The Morgan fingerprint density at radius 1 is 1.15 bits per heavy atom. The Morgan fingerprint density at radius 3 is 2.55 bits per heavy atom. The molecule has 1 atom stereocenters. The molecule has 1 fully saturated rings. The van der Waals surface area contributed by atoms with E-state index in [2.05, 4.69) is 0 Å². The van der Waals surface area contributed by atoms with Gasteiger partial charge in [0, 0.05) is 0 Å². The molecule has 4 heteroatoms. The van der Waals surface area contributed by atoms with Crippen LogP contribution in [0.1, 0.15) is 32.1 Å². The van der Waals surface area contributed by atoms with E-state index in [-0.39, 0.29) is 18.5 Å². The zero-order valence-electron chi connectivity index (χ0n) is 11.8. The van der Waals surface area contributed by atoms with Crippen LogP contribution in [0.2, 0.25) is 0 Å². The lowest BCUT2D eigenvalue weighted by Crippen LogP contribution is -2.40. The molecule has 0 bridgehead atoms. The van der Waals surface area contributed by atoms with Crippen LogP contribution in [-0.2, 0) is 9.53 Å². The second-order valence-electron chi connectivity index (χ2n) is 5.25. The van der Waals surface area contributed by atoms with E-state index in [0.717, 1.165) is 18.6 Å². The predicted molar refractivity (Wildman–Crippen MR) is 77.4 cm³/mol. The van der Waals surface area contributed by atoms with Gasteiger partial charge in [0.2, 0.25) is 0 Å². The number of para-hydroxylation sites is 1. The van der Waals surface area contributed by atoms with Crippen LogP contribution < -0.4 is 10.5 Å². The highest BCUT2D eigenvalue weighted by molar-refractivity contribution is 5.75. The summed E-state index contributed by atoms with van der Waals surface area (Å²) in [5.41, 5.74) is 5.97. The molecule has 1 saturated carbocycles. The van der Waals surface area contributed by atoms with Crippen molar-refractivity contribution in [2.45, 2.75) is 38.1 Å². The zero-order chi connectivity index (χ0) is 14.2. The van der Waals surface area contributed by atoms with Gasteiger partial charge < -0.3 is 15.2 Å². The van der Waals surface area contributed by atoms with Gasteiger partial charge in [0.1, 0.15) is 25.0 Å². The number of nitrogens with two attached hydrogens (primary N) is 1. The third kappa shape index (κ3) is 4.53. The summed E-state index contributed by atoms with van der Waals surface area (Å²) >= 11 is 0. The van der Waals surface area contributed by atoms with Crippen LogP contribution in [0.25, 0.3) is 0 Å². The molecule has 1 aromatic rings. The molecule has 0 spiro atoms. The van der Waals surface area contributed by atoms with Crippen molar-refractivity contribution < 1.29 is 14.3 Å². The molecule has 20 heavy (non-hydrogen) atoms. The lowest BCUT2D eigenvalue weighted by atomic mass is 9.84. The zero-order valence-corrected chi connectivity index (χ0v) is 11.8. The highest BCUT2D eigenvalue weighted by atomic mass is 16.6. The molecular weight excluding hydrogens is 254 g/mol. The molecule has 1 aliphatic rings. The molecule has 2 rings (SSSR count). The molecule has 110 valence electrons. The Kier molecular flexibility index (Phi) is 5.87. The first-order valence-corrected chi connectivity index (χ1v) is 7.37.